The smallest absolute Gasteiger partial charge is 0.247 e. The first-order valence-corrected chi connectivity index (χ1v) is 7.56. The van der Waals surface area contributed by atoms with Crippen LogP contribution in [0.3, 0.4) is 0 Å². The predicted molar refractivity (Wildman–Crippen MR) is 69.3 cm³/mol. The zero-order valence-electron chi connectivity index (χ0n) is 10.2. The van der Waals surface area contributed by atoms with Crippen molar-refractivity contribution in [3.63, 3.8) is 0 Å². The molecule has 1 aromatic heterocycles. The standard InChI is InChI=1S/C10H17BrN2O3S/c1-4-5-13(3)17(14,15)9-6-8(7-12-2)16-10(9)11/h6,12H,4-5,7H2,1-3H3. The number of halogens is 1. The first-order chi connectivity index (χ1) is 7.93. The molecule has 98 valence electrons. The lowest BCUT2D eigenvalue weighted by Crippen LogP contribution is -2.27. The molecule has 1 aromatic rings. The minimum Gasteiger partial charge on any atom is -0.452 e. The predicted octanol–water partition coefficient (Wildman–Crippen LogP) is 1.79. The fourth-order valence-electron chi connectivity index (χ4n) is 1.44. The highest BCUT2D eigenvalue weighted by atomic mass is 79.9. The monoisotopic (exact) mass is 324 g/mol. The second-order valence-corrected chi connectivity index (χ2v) is 6.44. The molecule has 0 amide bonds. The Kier molecular flexibility index (Phi) is 5.18. The highest BCUT2D eigenvalue weighted by molar-refractivity contribution is 9.10. The first kappa shape index (κ1) is 14.7. The molecule has 17 heavy (non-hydrogen) atoms. The number of nitrogens with zero attached hydrogens (tertiary/aromatic N) is 1. The first-order valence-electron chi connectivity index (χ1n) is 5.32. The highest BCUT2D eigenvalue weighted by Gasteiger charge is 2.26. The van der Waals surface area contributed by atoms with Crippen LogP contribution < -0.4 is 5.32 Å². The minimum atomic E-state index is -3.46. The molecular formula is C10H17BrN2O3S. The molecule has 0 unspecified atom stereocenters. The molecule has 0 aromatic carbocycles. The summed E-state index contributed by atoms with van der Waals surface area (Å²) in [7, 11) is -0.127. The van der Waals surface area contributed by atoms with Crippen molar-refractivity contribution in [1.82, 2.24) is 9.62 Å². The summed E-state index contributed by atoms with van der Waals surface area (Å²) in [5.41, 5.74) is 0. The van der Waals surface area contributed by atoms with Gasteiger partial charge in [-0.05, 0) is 29.4 Å². The van der Waals surface area contributed by atoms with Gasteiger partial charge in [0.05, 0.1) is 6.54 Å². The van der Waals surface area contributed by atoms with Gasteiger partial charge in [0, 0.05) is 19.7 Å². The molecule has 0 bridgehead atoms. The Bertz CT molecular complexity index is 470. The van der Waals surface area contributed by atoms with Crippen molar-refractivity contribution in [3.8, 4) is 0 Å². The van der Waals surface area contributed by atoms with Crippen LogP contribution in [0.5, 0.6) is 0 Å². The van der Waals surface area contributed by atoms with Crippen LogP contribution in [-0.2, 0) is 16.6 Å². The molecule has 1 N–H and O–H groups in total. The number of nitrogens with one attached hydrogen (secondary N) is 1. The van der Waals surface area contributed by atoms with Crippen LogP contribution in [0.1, 0.15) is 19.1 Å². The van der Waals surface area contributed by atoms with Crippen molar-refractivity contribution >= 4 is 26.0 Å². The summed E-state index contributed by atoms with van der Waals surface area (Å²) < 4.78 is 31.3. The van der Waals surface area contributed by atoms with Crippen LogP contribution in [-0.4, -0.2) is 33.4 Å². The van der Waals surface area contributed by atoms with Gasteiger partial charge in [0.1, 0.15) is 10.7 Å². The maximum atomic E-state index is 12.2. The van der Waals surface area contributed by atoms with E-state index in [1.54, 1.807) is 20.2 Å². The Balaban J connectivity index is 3.06. The second kappa shape index (κ2) is 5.99. The number of hydrogen-bond donors (Lipinski definition) is 1. The summed E-state index contributed by atoms with van der Waals surface area (Å²) in [4.78, 5) is 0.179. The van der Waals surface area contributed by atoms with E-state index in [2.05, 4.69) is 21.2 Å². The van der Waals surface area contributed by atoms with E-state index >= 15 is 0 Å². The molecule has 0 fully saturated rings. The number of furan rings is 1. The quantitative estimate of drug-likeness (QED) is 0.866. The van der Waals surface area contributed by atoms with Crippen LogP contribution in [0.15, 0.2) is 20.0 Å². The summed E-state index contributed by atoms with van der Waals surface area (Å²) in [5, 5.41) is 2.91. The second-order valence-electron chi connectivity index (χ2n) is 3.71. The fourth-order valence-corrected chi connectivity index (χ4v) is 3.66. The molecule has 5 nitrogen and oxygen atoms in total. The van der Waals surface area contributed by atoms with Crippen molar-refractivity contribution < 1.29 is 12.8 Å². The lowest BCUT2D eigenvalue weighted by atomic mass is 10.4. The summed E-state index contributed by atoms with van der Waals surface area (Å²) in [6.45, 7) is 2.91. The molecule has 7 heteroatoms. The maximum Gasteiger partial charge on any atom is 0.247 e. The lowest BCUT2D eigenvalue weighted by molar-refractivity contribution is 0.455. The highest BCUT2D eigenvalue weighted by Crippen LogP contribution is 2.28. The molecular weight excluding hydrogens is 308 g/mol. The third-order valence-electron chi connectivity index (χ3n) is 2.28. The topological polar surface area (TPSA) is 62.6 Å². The molecule has 0 spiro atoms. The minimum absolute atomic E-state index is 0.179. The van der Waals surface area contributed by atoms with Gasteiger partial charge in [-0.1, -0.05) is 6.92 Å². The van der Waals surface area contributed by atoms with Gasteiger partial charge in [0.15, 0.2) is 4.67 Å². The maximum absolute atomic E-state index is 12.2. The molecule has 0 atom stereocenters. The largest absolute Gasteiger partial charge is 0.452 e. The average molecular weight is 325 g/mol. The number of rotatable bonds is 6. The van der Waals surface area contributed by atoms with Crippen LogP contribution in [0.2, 0.25) is 0 Å². The van der Waals surface area contributed by atoms with E-state index in [4.69, 9.17) is 4.42 Å². The van der Waals surface area contributed by atoms with E-state index in [0.717, 1.165) is 6.42 Å². The van der Waals surface area contributed by atoms with E-state index < -0.39 is 10.0 Å². The summed E-state index contributed by atoms with van der Waals surface area (Å²) >= 11 is 3.14. The van der Waals surface area contributed by atoms with E-state index in [1.807, 2.05) is 6.92 Å². The van der Waals surface area contributed by atoms with Crippen molar-refractivity contribution in [2.45, 2.75) is 24.8 Å². The normalized spacial score (nSPS) is 12.3. The van der Waals surface area contributed by atoms with Gasteiger partial charge in [-0.2, -0.15) is 0 Å². The Morgan fingerprint density at radius 2 is 2.18 bits per heavy atom. The van der Waals surface area contributed by atoms with E-state index in [9.17, 15) is 8.42 Å². The van der Waals surface area contributed by atoms with Crippen molar-refractivity contribution in [1.29, 1.82) is 0 Å². The van der Waals surface area contributed by atoms with E-state index in [1.165, 1.54) is 4.31 Å². The third-order valence-corrected chi connectivity index (χ3v) is 5.00. The van der Waals surface area contributed by atoms with Crippen LogP contribution >= 0.6 is 15.9 Å². The molecule has 1 rings (SSSR count). The van der Waals surface area contributed by atoms with Crippen LogP contribution in [0.25, 0.3) is 0 Å². The Hall–Kier alpha value is -0.370. The van der Waals surface area contributed by atoms with Gasteiger partial charge in [0.2, 0.25) is 10.0 Å². The Morgan fingerprint density at radius 3 is 2.71 bits per heavy atom. The third kappa shape index (κ3) is 3.31. The van der Waals surface area contributed by atoms with Crippen LogP contribution in [0.4, 0.5) is 0 Å². The SMILES string of the molecule is CCCN(C)S(=O)(=O)c1cc(CNC)oc1Br. The van der Waals surface area contributed by atoms with Gasteiger partial charge in [0.25, 0.3) is 0 Å². The number of hydrogen-bond acceptors (Lipinski definition) is 4. The van der Waals surface area contributed by atoms with Crippen molar-refractivity contribution in [2.24, 2.45) is 0 Å². The van der Waals surface area contributed by atoms with Crippen molar-refractivity contribution in [3.05, 3.63) is 16.5 Å². The fraction of sp³-hybridized carbons (Fsp3) is 0.600. The molecule has 0 aliphatic rings. The summed E-state index contributed by atoms with van der Waals surface area (Å²) in [5.74, 6) is 0.586. The van der Waals surface area contributed by atoms with Gasteiger partial charge in [-0.15, -0.1) is 0 Å². The van der Waals surface area contributed by atoms with E-state index in [-0.39, 0.29) is 9.56 Å². The zero-order chi connectivity index (χ0) is 13.1. The average Bonchev–Trinajstić information content (AvgIpc) is 2.61. The molecule has 0 radical (unpaired) electrons. The van der Waals surface area contributed by atoms with Crippen molar-refractivity contribution in [2.75, 3.05) is 20.6 Å². The number of sulfonamides is 1. The van der Waals surface area contributed by atoms with Gasteiger partial charge in [-0.25, -0.2) is 12.7 Å². The summed E-state index contributed by atoms with van der Waals surface area (Å²) in [6, 6.07) is 1.54. The lowest BCUT2D eigenvalue weighted by Gasteiger charge is -2.14. The molecule has 0 saturated heterocycles. The Morgan fingerprint density at radius 1 is 1.53 bits per heavy atom. The van der Waals surface area contributed by atoms with Crippen LogP contribution in [0, 0.1) is 0 Å². The Labute approximate surface area is 110 Å². The van der Waals surface area contributed by atoms with Gasteiger partial charge in [-0.3, -0.25) is 0 Å². The van der Waals surface area contributed by atoms with Gasteiger partial charge < -0.3 is 9.73 Å². The van der Waals surface area contributed by atoms with Gasteiger partial charge >= 0.3 is 0 Å². The van der Waals surface area contributed by atoms with E-state index in [0.29, 0.717) is 18.8 Å². The molecule has 0 aliphatic heterocycles. The summed E-state index contributed by atoms with van der Waals surface area (Å²) in [6.07, 6.45) is 0.772. The zero-order valence-corrected chi connectivity index (χ0v) is 12.6. The molecule has 0 saturated carbocycles. The molecule has 0 aliphatic carbocycles. The molecule has 1 heterocycles.